The first-order chi connectivity index (χ1) is 11.1. The second-order valence-electron chi connectivity index (χ2n) is 6.14. The summed E-state index contributed by atoms with van der Waals surface area (Å²) in [5.41, 5.74) is 7.76. The van der Waals surface area contributed by atoms with Gasteiger partial charge in [-0.3, -0.25) is 0 Å². The Morgan fingerprint density at radius 3 is 1.19 bits per heavy atom. The number of nitrogens with one attached hydrogen (secondary N) is 3. The minimum Gasteiger partial charge on any atom is -1.00 e. The van der Waals surface area contributed by atoms with Crippen LogP contribution in [0.3, 0.4) is 0 Å². The van der Waals surface area contributed by atoms with Gasteiger partial charge in [0.1, 0.15) is 0 Å². The number of hydrogen-bond donors (Lipinski definition) is 3. The third-order valence-electron chi connectivity index (χ3n) is 4.17. The number of aryl methyl sites for hydroxylation is 4. The van der Waals surface area contributed by atoms with Crippen molar-refractivity contribution in [3.05, 3.63) is 58.7 Å². The number of hydrogen-bond acceptors (Lipinski definition) is 3. The molecular weight excluding hydrogens is 412 g/mol. The minimum absolute atomic E-state index is 0. The predicted octanol–water partition coefficient (Wildman–Crippen LogP) is -1.96. The molecule has 148 valence electrons. The van der Waals surface area contributed by atoms with E-state index in [2.05, 4.69) is 80.0 Å². The minimum atomic E-state index is 0. The molecule has 0 aliphatic carbocycles. The first-order valence-electron chi connectivity index (χ1n) is 8.40. The van der Waals surface area contributed by atoms with E-state index >= 15 is 0 Å². The van der Waals surface area contributed by atoms with Gasteiger partial charge in [-0.25, -0.2) is 0 Å². The maximum Gasteiger partial charge on any atom is 2.00 e. The van der Waals surface area contributed by atoms with Crippen LogP contribution in [0, 0.1) is 27.7 Å². The molecule has 0 unspecified atom stereocenters. The van der Waals surface area contributed by atoms with Crippen LogP contribution in [0.5, 0.6) is 0 Å². The van der Waals surface area contributed by atoms with E-state index in [0.29, 0.717) is 0 Å². The molecule has 0 aromatic heterocycles. The van der Waals surface area contributed by atoms with Crippen LogP contribution in [0.1, 0.15) is 22.3 Å². The third kappa shape index (κ3) is 8.18. The Morgan fingerprint density at radius 2 is 0.885 bits per heavy atom. The molecule has 0 heterocycles. The summed E-state index contributed by atoms with van der Waals surface area (Å²) in [6.45, 7) is 12.4. The van der Waals surface area contributed by atoms with E-state index < -0.39 is 0 Å². The van der Waals surface area contributed by atoms with Gasteiger partial charge >= 0.3 is 16.5 Å². The van der Waals surface area contributed by atoms with Crippen LogP contribution >= 0.6 is 0 Å². The number of benzene rings is 2. The topological polar surface area (TPSA) is 36.1 Å². The Morgan fingerprint density at radius 1 is 0.577 bits per heavy atom. The third-order valence-corrected chi connectivity index (χ3v) is 4.17. The van der Waals surface area contributed by atoms with Crippen molar-refractivity contribution in [2.24, 2.45) is 0 Å². The molecule has 0 saturated heterocycles. The average Bonchev–Trinajstić information content (AvgIpc) is 2.51. The molecule has 0 atom stereocenters. The van der Waals surface area contributed by atoms with Gasteiger partial charge in [0.15, 0.2) is 0 Å². The SMILES string of the molecule is Cc1cccc(C)c1NCCNCCNc1c(C)cccc1C.[Cl-].[Cl-].[Ni+2]. The summed E-state index contributed by atoms with van der Waals surface area (Å²) in [7, 11) is 0. The van der Waals surface area contributed by atoms with Crippen LogP contribution in [-0.2, 0) is 16.5 Å². The second-order valence-corrected chi connectivity index (χ2v) is 6.14. The standard InChI is InChI=1S/C20H29N3.2ClH.Ni/c1-15-7-5-8-16(2)19(15)22-13-11-21-12-14-23-20-17(3)9-6-10-18(20)4;;;/h5-10,21-23H,11-14H2,1-4H3;2*1H;/q;;;+2/p-2. The Labute approximate surface area is 180 Å². The van der Waals surface area contributed by atoms with Gasteiger partial charge in [-0.05, 0) is 49.9 Å². The van der Waals surface area contributed by atoms with Crippen molar-refractivity contribution in [1.29, 1.82) is 0 Å². The van der Waals surface area contributed by atoms with E-state index in [4.69, 9.17) is 0 Å². The molecule has 0 fully saturated rings. The Bertz CT molecular complexity index is 555. The van der Waals surface area contributed by atoms with E-state index in [1.807, 2.05) is 0 Å². The molecule has 3 nitrogen and oxygen atoms in total. The summed E-state index contributed by atoms with van der Waals surface area (Å²) in [4.78, 5) is 0. The molecule has 3 N–H and O–H groups in total. The van der Waals surface area contributed by atoms with Crippen LogP contribution in [0.15, 0.2) is 36.4 Å². The zero-order valence-corrected chi connectivity index (χ0v) is 18.4. The fourth-order valence-electron chi connectivity index (χ4n) is 2.86. The van der Waals surface area contributed by atoms with Gasteiger partial charge in [-0.2, -0.15) is 0 Å². The van der Waals surface area contributed by atoms with Crippen molar-refractivity contribution in [2.75, 3.05) is 36.8 Å². The summed E-state index contributed by atoms with van der Waals surface area (Å²) in [6.07, 6.45) is 0. The number of para-hydroxylation sites is 2. The first-order valence-corrected chi connectivity index (χ1v) is 8.40. The maximum atomic E-state index is 3.53. The van der Waals surface area contributed by atoms with Gasteiger partial charge in [0.2, 0.25) is 0 Å². The van der Waals surface area contributed by atoms with Gasteiger partial charge in [-0.1, -0.05) is 36.4 Å². The molecule has 2 aromatic rings. The van der Waals surface area contributed by atoms with E-state index in [1.165, 1.54) is 33.6 Å². The van der Waals surface area contributed by atoms with Gasteiger partial charge in [0.05, 0.1) is 0 Å². The summed E-state index contributed by atoms with van der Waals surface area (Å²) in [5.74, 6) is 0. The Balaban J connectivity index is 0. The van der Waals surface area contributed by atoms with Crippen molar-refractivity contribution in [2.45, 2.75) is 27.7 Å². The van der Waals surface area contributed by atoms with Crippen molar-refractivity contribution in [3.8, 4) is 0 Å². The van der Waals surface area contributed by atoms with E-state index in [-0.39, 0.29) is 41.3 Å². The second kappa shape index (κ2) is 14.2. The smallest absolute Gasteiger partial charge is 1.00 e. The Kier molecular flexibility index (Phi) is 14.9. The molecule has 0 aliphatic rings. The van der Waals surface area contributed by atoms with Crippen LogP contribution in [0.25, 0.3) is 0 Å². The van der Waals surface area contributed by atoms with E-state index in [1.54, 1.807) is 0 Å². The first kappa shape index (κ1) is 27.3. The average molecular weight is 441 g/mol. The van der Waals surface area contributed by atoms with Crippen LogP contribution in [0.2, 0.25) is 0 Å². The van der Waals surface area contributed by atoms with Gasteiger partial charge < -0.3 is 40.8 Å². The van der Waals surface area contributed by atoms with Crippen LogP contribution < -0.4 is 40.8 Å². The monoisotopic (exact) mass is 439 g/mol. The molecule has 0 saturated carbocycles. The summed E-state index contributed by atoms with van der Waals surface area (Å²) in [5, 5.41) is 10.5. The number of halogens is 2. The fraction of sp³-hybridized carbons (Fsp3) is 0.400. The summed E-state index contributed by atoms with van der Waals surface area (Å²) in [6, 6.07) is 12.8. The summed E-state index contributed by atoms with van der Waals surface area (Å²) < 4.78 is 0. The van der Waals surface area contributed by atoms with Gasteiger partial charge in [-0.15, -0.1) is 0 Å². The van der Waals surface area contributed by atoms with E-state index in [9.17, 15) is 0 Å². The van der Waals surface area contributed by atoms with Crippen molar-refractivity contribution >= 4 is 11.4 Å². The number of rotatable bonds is 8. The largest absolute Gasteiger partial charge is 2.00 e. The molecular formula is C20H29Cl2N3Ni. The molecule has 0 bridgehead atoms. The Hall–Kier alpha value is -0.926. The quantitative estimate of drug-likeness (QED) is 0.329. The maximum absolute atomic E-state index is 3.53. The predicted molar refractivity (Wildman–Crippen MR) is 102 cm³/mol. The molecule has 0 radical (unpaired) electrons. The molecule has 2 rings (SSSR count). The van der Waals surface area contributed by atoms with Crippen LogP contribution in [-0.4, -0.2) is 26.2 Å². The zero-order chi connectivity index (χ0) is 16.7. The normalized spacial score (nSPS) is 9.38. The van der Waals surface area contributed by atoms with Crippen molar-refractivity contribution < 1.29 is 41.3 Å². The van der Waals surface area contributed by atoms with Gasteiger partial charge in [0.25, 0.3) is 0 Å². The molecule has 26 heavy (non-hydrogen) atoms. The van der Waals surface area contributed by atoms with Crippen molar-refractivity contribution in [3.63, 3.8) is 0 Å². The van der Waals surface area contributed by atoms with Crippen molar-refractivity contribution in [1.82, 2.24) is 5.32 Å². The molecule has 0 amide bonds. The number of anilines is 2. The van der Waals surface area contributed by atoms with E-state index in [0.717, 1.165) is 26.2 Å². The molecule has 6 heteroatoms. The van der Waals surface area contributed by atoms with Gasteiger partial charge in [0, 0.05) is 37.6 Å². The molecule has 0 aliphatic heterocycles. The molecule has 0 spiro atoms. The molecule has 2 aromatic carbocycles. The van der Waals surface area contributed by atoms with Crippen LogP contribution in [0.4, 0.5) is 11.4 Å². The summed E-state index contributed by atoms with van der Waals surface area (Å²) >= 11 is 0. The zero-order valence-electron chi connectivity index (χ0n) is 15.9. The fourth-order valence-corrected chi connectivity index (χ4v) is 2.86.